The fraction of sp³-hybridized carbons (Fsp3) is 0.833. The van der Waals surface area contributed by atoms with E-state index in [4.69, 9.17) is 5.11 Å². The number of amides is 1. The number of carbonyl (C=O) groups excluding carboxylic acids is 1. The summed E-state index contributed by atoms with van der Waals surface area (Å²) < 4.78 is 0. The molecule has 6 nitrogen and oxygen atoms in total. The number of aliphatic carboxylic acids is 1. The predicted molar refractivity (Wildman–Crippen MR) is 68.4 cm³/mol. The molecule has 1 amide bonds. The van der Waals surface area contributed by atoms with Gasteiger partial charge in [-0.1, -0.05) is 0 Å². The molecule has 0 atom stereocenters. The van der Waals surface area contributed by atoms with Crippen molar-refractivity contribution in [2.75, 3.05) is 19.6 Å². The molecule has 18 heavy (non-hydrogen) atoms. The molecule has 0 radical (unpaired) electrons. The Bertz CT molecular complexity index is 319. The summed E-state index contributed by atoms with van der Waals surface area (Å²) in [6.45, 7) is 7.57. The molecule has 1 fully saturated rings. The largest absolute Gasteiger partial charge is 0.481 e. The Morgan fingerprint density at radius 1 is 1.33 bits per heavy atom. The highest BCUT2D eigenvalue weighted by molar-refractivity contribution is 5.76. The van der Waals surface area contributed by atoms with Gasteiger partial charge in [0.05, 0.1) is 12.0 Å². The lowest BCUT2D eigenvalue weighted by molar-refractivity contribution is -0.139. The summed E-state index contributed by atoms with van der Waals surface area (Å²) in [6.07, 6.45) is 0.444. The Kier molecular flexibility index (Phi) is 4.70. The van der Waals surface area contributed by atoms with Gasteiger partial charge in [0.15, 0.2) is 0 Å². The topological polar surface area (TPSA) is 90.5 Å². The van der Waals surface area contributed by atoms with Crippen LogP contribution in [0.1, 0.15) is 33.6 Å². The third-order valence-corrected chi connectivity index (χ3v) is 2.78. The molecule has 1 saturated heterocycles. The maximum atomic E-state index is 11.6. The Morgan fingerprint density at radius 3 is 2.33 bits per heavy atom. The lowest BCUT2D eigenvalue weighted by atomic mass is 9.88. The van der Waals surface area contributed by atoms with Gasteiger partial charge in [-0.05, 0) is 20.8 Å². The minimum Gasteiger partial charge on any atom is -0.481 e. The van der Waals surface area contributed by atoms with Crippen molar-refractivity contribution in [1.29, 1.82) is 0 Å². The van der Waals surface area contributed by atoms with Crippen molar-refractivity contribution in [3.63, 3.8) is 0 Å². The first-order chi connectivity index (χ1) is 8.22. The maximum absolute atomic E-state index is 11.6. The van der Waals surface area contributed by atoms with Crippen LogP contribution in [0.4, 0.5) is 0 Å². The first-order valence-corrected chi connectivity index (χ1v) is 6.21. The smallest absolute Gasteiger partial charge is 0.305 e. The quantitative estimate of drug-likeness (QED) is 0.524. The van der Waals surface area contributed by atoms with E-state index in [-0.39, 0.29) is 23.4 Å². The van der Waals surface area contributed by atoms with Crippen LogP contribution in [0, 0.1) is 0 Å². The van der Waals surface area contributed by atoms with Crippen molar-refractivity contribution in [2.45, 2.75) is 44.7 Å². The average molecular weight is 257 g/mol. The molecular weight excluding hydrogens is 234 g/mol. The van der Waals surface area contributed by atoms with Crippen LogP contribution in [0.2, 0.25) is 0 Å². The van der Waals surface area contributed by atoms with E-state index >= 15 is 0 Å². The minimum atomic E-state index is -0.817. The van der Waals surface area contributed by atoms with Gasteiger partial charge in [-0.15, -0.1) is 0 Å². The number of nitrogens with one attached hydrogen (secondary N) is 3. The van der Waals surface area contributed by atoms with E-state index in [0.717, 1.165) is 0 Å². The van der Waals surface area contributed by atoms with E-state index < -0.39 is 5.97 Å². The van der Waals surface area contributed by atoms with Crippen LogP contribution in [0.15, 0.2) is 0 Å². The molecule has 1 aliphatic heterocycles. The molecule has 1 aliphatic rings. The van der Waals surface area contributed by atoms with Gasteiger partial charge in [-0.25, -0.2) is 0 Å². The number of carboxylic acid groups (broad SMARTS) is 1. The monoisotopic (exact) mass is 257 g/mol. The van der Waals surface area contributed by atoms with Crippen LogP contribution in [0.5, 0.6) is 0 Å². The molecule has 0 unspecified atom stereocenters. The summed E-state index contributed by atoms with van der Waals surface area (Å²) in [7, 11) is 0. The first kappa shape index (κ1) is 14.9. The van der Waals surface area contributed by atoms with Crippen LogP contribution in [0.3, 0.4) is 0 Å². The van der Waals surface area contributed by atoms with E-state index in [9.17, 15) is 9.59 Å². The highest BCUT2D eigenvalue weighted by atomic mass is 16.4. The summed E-state index contributed by atoms with van der Waals surface area (Å²) in [6, 6.07) is 0. The Labute approximate surface area is 108 Å². The van der Waals surface area contributed by atoms with Crippen molar-refractivity contribution >= 4 is 11.9 Å². The molecule has 1 heterocycles. The molecular formula is C12H23N3O3. The fourth-order valence-corrected chi connectivity index (χ4v) is 1.95. The molecule has 104 valence electrons. The van der Waals surface area contributed by atoms with Gasteiger partial charge >= 0.3 is 5.97 Å². The van der Waals surface area contributed by atoms with Crippen LogP contribution >= 0.6 is 0 Å². The maximum Gasteiger partial charge on any atom is 0.305 e. The summed E-state index contributed by atoms with van der Waals surface area (Å²) >= 11 is 0. The van der Waals surface area contributed by atoms with Crippen molar-refractivity contribution in [1.82, 2.24) is 16.0 Å². The average Bonchev–Trinajstić information content (AvgIpc) is 2.09. The van der Waals surface area contributed by atoms with Crippen LogP contribution in [-0.4, -0.2) is 47.7 Å². The van der Waals surface area contributed by atoms with E-state index in [1.54, 1.807) is 0 Å². The molecule has 0 aromatic rings. The Morgan fingerprint density at radius 2 is 1.94 bits per heavy atom. The normalized spacial score (nSPS) is 17.9. The third kappa shape index (κ3) is 5.01. The van der Waals surface area contributed by atoms with Crippen LogP contribution in [0.25, 0.3) is 0 Å². The summed E-state index contributed by atoms with van der Waals surface area (Å²) in [5.74, 6) is -0.837. The number of hydrogen-bond donors (Lipinski definition) is 4. The van der Waals surface area contributed by atoms with Gasteiger partial charge in [0.1, 0.15) is 0 Å². The third-order valence-electron chi connectivity index (χ3n) is 2.78. The number of hydrogen-bond acceptors (Lipinski definition) is 4. The molecule has 0 aliphatic carbocycles. The predicted octanol–water partition coefficient (Wildman–Crippen LogP) is -0.302. The standard InChI is InChI=1S/C12H23N3O3/c1-11(2,3)15-9(16)4-5-14-12(6-10(17)18)7-13-8-12/h13-14H,4-8H2,1-3H3,(H,15,16)(H,17,18). The van der Waals surface area contributed by atoms with Gasteiger partial charge < -0.3 is 21.1 Å². The van der Waals surface area contributed by atoms with Gasteiger partial charge in [0.25, 0.3) is 0 Å². The van der Waals surface area contributed by atoms with Crippen molar-refractivity contribution in [3.8, 4) is 0 Å². The van der Waals surface area contributed by atoms with E-state index in [2.05, 4.69) is 16.0 Å². The zero-order chi connectivity index (χ0) is 13.8. The van der Waals surface area contributed by atoms with Gasteiger partial charge in [-0.2, -0.15) is 0 Å². The zero-order valence-electron chi connectivity index (χ0n) is 11.3. The highest BCUT2D eigenvalue weighted by Crippen LogP contribution is 2.15. The summed E-state index contributed by atoms with van der Waals surface area (Å²) in [5.41, 5.74) is -0.609. The molecule has 0 bridgehead atoms. The van der Waals surface area contributed by atoms with E-state index in [1.807, 2.05) is 20.8 Å². The zero-order valence-corrected chi connectivity index (χ0v) is 11.3. The Hall–Kier alpha value is -1.14. The molecule has 6 heteroatoms. The van der Waals surface area contributed by atoms with Crippen LogP contribution < -0.4 is 16.0 Å². The summed E-state index contributed by atoms with van der Waals surface area (Å²) in [5, 5.41) is 17.9. The first-order valence-electron chi connectivity index (χ1n) is 6.21. The van der Waals surface area contributed by atoms with Gasteiger partial charge in [0.2, 0.25) is 5.91 Å². The molecule has 0 spiro atoms. The SMILES string of the molecule is CC(C)(C)NC(=O)CCNC1(CC(=O)O)CNC1. The van der Waals surface area contributed by atoms with Gasteiger partial charge in [0, 0.05) is 31.6 Å². The van der Waals surface area contributed by atoms with E-state index in [1.165, 1.54) is 0 Å². The second kappa shape index (κ2) is 5.67. The lowest BCUT2D eigenvalue weighted by Gasteiger charge is -2.42. The number of rotatable bonds is 6. The number of carboxylic acids is 1. The van der Waals surface area contributed by atoms with Gasteiger partial charge in [-0.3, -0.25) is 9.59 Å². The molecule has 0 aromatic heterocycles. The second-order valence-corrected chi connectivity index (χ2v) is 5.93. The molecule has 1 rings (SSSR count). The van der Waals surface area contributed by atoms with Crippen molar-refractivity contribution in [2.24, 2.45) is 0 Å². The Balaban J connectivity index is 2.28. The number of carbonyl (C=O) groups is 2. The van der Waals surface area contributed by atoms with Crippen molar-refractivity contribution < 1.29 is 14.7 Å². The second-order valence-electron chi connectivity index (χ2n) is 5.93. The fourth-order valence-electron chi connectivity index (χ4n) is 1.95. The van der Waals surface area contributed by atoms with E-state index in [0.29, 0.717) is 26.1 Å². The molecule has 0 aromatic carbocycles. The molecule has 4 N–H and O–H groups in total. The minimum absolute atomic E-state index is 0.0206. The lowest BCUT2D eigenvalue weighted by Crippen LogP contribution is -2.68. The molecule has 0 saturated carbocycles. The van der Waals surface area contributed by atoms with Crippen molar-refractivity contribution in [3.05, 3.63) is 0 Å². The highest BCUT2D eigenvalue weighted by Gasteiger charge is 2.38. The summed E-state index contributed by atoms with van der Waals surface area (Å²) in [4.78, 5) is 22.3. The van der Waals surface area contributed by atoms with Crippen LogP contribution in [-0.2, 0) is 9.59 Å².